The zero-order chi connectivity index (χ0) is 14.7. The van der Waals surface area contributed by atoms with Crippen molar-refractivity contribution in [2.24, 2.45) is 11.0 Å². The predicted molar refractivity (Wildman–Crippen MR) is 86.6 cm³/mol. The second-order valence-electron chi connectivity index (χ2n) is 5.02. The average Bonchev–Trinajstić information content (AvgIpc) is 2.39. The van der Waals surface area contributed by atoms with E-state index in [1.807, 2.05) is 0 Å². The third-order valence-corrected chi connectivity index (χ3v) is 3.90. The van der Waals surface area contributed by atoms with Gasteiger partial charge < -0.3 is 0 Å². The molecule has 0 spiro atoms. The van der Waals surface area contributed by atoms with E-state index in [1.54, 1.807) is 6.07 Å². The molecule has 0 bridgehead atoms. The van der Waals surface area contributed by atoms with E-state index in [1.165, 1.54) is 17.3 Å². The highest BCUT2D eigenvalue weighted by Crippen LogP contribution is 2.27. The summed E-state index contributed by atoms with van der Waals surface area (Å²) in [5, 5.41) is 5.38. The molecule has 0 fully saturated rings. The third-order valence-electron chi connectivity index (χ3n) is 3.40. The van der Waals surface area contributed by atoms with Crippen LogP contribution in [0.2, 0.25) is 10.0 Å². The van der Waals surface area contributed by atoms with Crippen LogP contribution in [0, 0.1) is 5.92 Å². The van der Waals surface area contributed by atoms with E-state index >= 15 is 0 Å². The summed E-state index contributed by atoms with van der Waals surface area (Å²) in [5.41, 5.74) is 6.29. The SMILES string of the molecule is C=C(C)[C@H]1CC=C(C)C(=NNc2ncc(Cl)cc2Cl)C1. The largest absolute Gasteiger partial charge is 0.260 e. The molecule has 1 aromatic rings. The maximum atomic E-state index is 6.06. The number of hydrazone groups is 1. The normalized spacial score (nSPS) is 20.7. The molecule has 2 rings (SSSR count). The van der Waals surface area contributed by atoms with Crippen molar-refractivity contribution in [3.05, 3.63) is 46.1 Å². The number of halogens is 2. The standard InChI is InChI=1S/C15H17Cl2N3/c1-9(2)11-5-4-10(3)14(6-11)19-20-15-13(17)7-12(16)8-18-15/h4,7-8,11H,1,5-6H2,2-3H3,(H,18,20)/t11-/m0/s1. The highest BCUT2D eigenvalue weighted by Gasteiger charge is 2.18. The molecule has 3 nitrogen and oxygen atoms in total. The van der Waals surface area contributed by atoms with Gasteiger partial charge in [-0.25, -0.2) is 4.98 Å². The molecule has 1 N–H and O–H groups in total. The van der Waals surface area contributed by atoms with Crippen molar-refractivity contribution in [2.75, 3.05) is 5.43 Å². The summed E-state index contributed by atoms with van der Waals surface area (Å²) in [5.74, 6) is 0.960. The van der Waals surface area contributed by atoms with Crippen LogP contribution in [0.15, 0.2) is 41.2 Å². The van der Waals surface area contributed by atoms with Crippen molar-refractivity contribution >= 4 is 34.7 Å². The molecule has 106 valence electrons. The Morgan fingerprint density at radius 1 is 1.50 bits per heavy atom. The van der Waals surface area contributed by atoms with Crippen LogP contribution in [-0.2, 0) is 0 Å². The van der Waals surface area contributed by atoms with Gasteiger partial charge in [-0.05, 0) is 44.2 Å². The number of aromatic nitrogens is 1. The molecule has 1 heterocycles. The van der Waals surface area contributed by atoms with Gasteiger partial charge in [0.05, 0.1) is 15.8 Å². The van der Waals surface area contributed by atoms with Crippen LogP contribution >= 0.6 is 23.2 Å². The first-order valence-corrected chi connectivity index (χ1v) is 7.19. The number of nitrogens with zero attached hydrogens (tertiary/aromatic N) is 2. The fraction of sp³-hybridized carbons (Fsp3) is 0.333. The van der Waals surface area contributed by atoms with E-state index in [0.29, 0.717) is 21.8 Å². The second kappa shape index (κ2) is 6.42. The lowest BCUT2D eigenvalue weighted by Gasteiger charge is -2.22. The zero-order valence-corrected chi connectivity index (χ0v) is 13.1. The topological polar surface area (TPSA) is 37.3 Å². The number of nitrogens with one attached hydrogen (secondary N) is 1. The van der Waals surface area contributed by atoms with Gasteiger partial charge in [0, 0.05) is 6.20 Å². The molecule has 1 aliphatic carbocycles. The van der Waals surface area contributed by atoms with Crippen molar-refractivity contribution in [1.82, 2.24) is 4.98 Å². The molecule has 5 heteroatoms. The molecule has 0 saturated heterocycles. The van der Waals surface area contributed by atoms with Crippen LogP contribution in [0.3, 0.4) is 0 Å². The highest BCUT2D eigenvalue weighted by atomic mass is 35.5. The Balaban J connectivity index is 2.16. The Morgan fingerprint density at radius 3 is 2.90 bits per heavy atom. The van der Waals surface area contributed by atoms with Gasteiger partial charge in [0.1, 0.15) is 0 Å². The highest BCUT2D eigenvalue weighted by molar-refractivity contribution is 6.35. The summed E-state index contributed by atoms with van der Waals surface area (Å²) in [7, 11) is 0. The van der Waals surface area contributed by atoms with Crippen LogP contribution in [0.5, 0.6) is 0 Å². The van der Waals surface area contributed by atoms with Gasteiger partial charge in [0.25, 0.3) is 0 Å². The first-order valence-electron chi connectivity index (χ1n) is 6.43. The molecule has 1 atom stereocenters. The predicted octanol–water partition coefficient (Wildman–Crippen LogP) is 5.09. The van der Waals surface area contributed by atoms with Crippen LogP contribution in [-0.4, -0.2) is 10.7 Å². The number of rotatable bonds is 3. The number of allylic oxidation sites excluding steroid dienone is 3. The molecule has 1 aliphatic rings. The molecule has 0 radical (unpaired) electrons. The summed E-state index contributed by atoms with van der Waals surface area (Å²) >= 11 is 11.9. The van der Waals surface area contributed by atoms with Gasteiger partial charge >= 0.3 is 0 Å². The van der Waals surface area contributed by atoms with Crippen LogP contribution in [0.1, 0.15) is 26.7 Å². The maximum absolute atomic E-state index is 6.06. The molecule has 0 aliphatic heterocycles. The van der Waals surface area contributed by atoms with Crippen molar-refractivity contribution in [2.45, 2.75) is 26.7 Å². The van der Waals surface area contributed by atoms with Crippen molar-refractivity contribution < 1.29 is 0 Å². The molecule has 0 unspecified atom stereocenters. The van der Waals surface area contributed by atoms with E-state index in [4.69, 9.17) is 23.2 Å². The zero-order valence-electron chi connectivity index (χ0n) is 11.6. The Labute approximate surface area is 129 Å². The quantitative estimate of drug-likeness (QED) is 0.624. The Morgan fingerprint density at radius 2 is 2.25 bits per heavy atom. The van der Waals surface area contributed by atoms with Gasteiger partial charge in [-0.2, -0.15) is 5.10 Å². The van der Waals surface area contributed by atoms with Gasteiger partial charge in [0.2, 0.25) is 0 Å². The first kappa shape index (κ1) is 15.1. The van der Waals surface area contributed by atoms with Crippen LogP contribution in [0.25, 0.3) is 0 Å². The fourth-order valence-corrected chi connectivity index (χ4v) is 2.46. The summed E-state index contributed by atoms with van der Waals surface area (Å²) in [6.45, 7) is 8.15. The molecule has 0 aromatic carbocycles. The average molecular weight is 310 g/mol. The van der Waals surface area contributed by atoms with Gasteiger partial charge in [-0.3, -0.25) is 5.43 Å². The lowest BCUT2D eigenvalue weighted by Crippen LogP contribution is -2.16. The minimum atomic E-state index is 0.452. The number of hydrogen-bond donors (Lipinski definition) is 1. The van der Waals surface area contributed by atoms with E-state index in [0.717, 1.165) is 18.6 Å². The summed E-state index contributed by atoms with van der Waals surface area (Å²) < 4.78 is 0. The molecule has 0 saturated carbocycles. The van der Waals surface area contributed by atoms with Gasteiger partial charge in [0.15, 0.2) is 5.82 Å². The Kier molecular flexibility index (Phi) is 4.84. The van der Waals surface area contributed by atoms with E-state index in [9.17, 15) is 0 Å². The Bertz CT molecular complexity index is 591. The molecule has 0 amide bonds. The van der Waals surface area contributed by atoms with E-state index in [2.05, 4.69) is 42.0 Å². The van der Waals surface area contributed by atoms with Crippen molar-refractivity contribution in [3.8, 4) is 0 Å². The van der Waals surface area contributed by atoms with E-state index < -0.39 is 0 Å². The molecule has 20 heavy (non-hydrogen) atoms. The van der Waals surface area contributed by atoms with Crippen molar-refractivity contribution in [1.29, 1.82) is 0 Å². The lowest BCUT2D eigenvalue weighted by molar-refractivity contribution is 0.639. The van der Waals surface area contributed by atoms with Crippen LogP contribution < -0.4 is 5.43 Å². The summed E-state index contributed by atoms with van der Waals surface area (Å²) in [6, 6.07) is 1.64. The first-order chi connectivity index (χ1) is 9.47. The smallest absolute Gasteiger partial charge is 0.165 e. The van der Waals surface area contributed by atoms with Crippen molar-refractivity contribution in [3.63, 3.8) is 0 Å². The van der Waals surface area contributed by atoms with Gasteiger partial charge in [-0.1, -0.05) is 41.4 Å². The minimum absolute atomic E-state index is 0.452. The van der Waals surface area contributed by atoms with Gasteiger partial charge in [-0.15, -0.1) is 0 Å². The van der Waals surface area contributed by atoms with E-state index in [-0.39, 0.29) is 0 Å². The number of pyridine rings is 1. The fourth-order valence-electron chi connectivity index (χ4n) is 2.04. The summed E-state index contributed by atoms with van der Waals surface area (Å²) in [6.07, 6.45) is 5.65. The third kappa shape index (κ3) is 3.62. The Hall–Kier alpha value is -1.32. The summed E-state index contributed by atoms with van der Waals surface area (Å²) in [4.78, 5) is 4.12. The minimum Gasteiger partial charge on any atom is -0.260 e. The maximum Gasteiger partial charge on any atom is 0.165 e. The molecular weight excluding hydrogens is 293 g/mol. The number of hydrogen-bond acceptors (Lipinski definition) is 3. The monoisotopic (exact) mass is 309 g/mol. The number of anilines is 1. The lowest BCUT2D eigenvalue weighted by atomic mass is 9.85. The molecule has 1 aromatic heterocycles. The molecular formula is C15H17Cl2N3. The second-order valence-corrected chi connectivity index (χ2v) is 5.87. The van der Waals surface area contributed by atoms with Crippen LogP contribution in [0.4, 0.5) is 5.82 Å².